The van der Waals surface area contributed by atoms with E-state index in [-0.39, 0.29) is 12.4 Å². The second-order valence-corrected chi connectivity index (χ2v) is 3.41. The molecule has 1 N–H and O–H groups in total. The molecule has 1 aliphatic rings. The highest BCUT2D eigenvalue weighted by Crippen LogP contribution is 2.19. The number of hydrogen-bond acceptors (Lipinski definition) is 3. The third kappa shape index (κ3) is 3.29. The molecule has 0 aliphatic carbocycles. The third-order valence-corrected chi connectivity index (χ3v) is 2.38. The molecule has 2 rings (SSSR count). The summed E-state index contributed by atoms with van der Waals surface area (Å²) in [6.45, 7) is 2.01. The maximum Gasteiger partial charge on any atom is 0.120 e. The van der Waals surface area contributed by atoms with Crippen LogP contribution in [0.5, 0.6) is 11.5 Å². The molecule has 4 heteroatoms. The fraction of sp³-hybridized carbons (Fsp3) is 0.455. The van der Waals surface area contributed by atoms with Gasteiger partial charge >= 0.3 is 0 Å². The van der Waals surface area contributed by atoms with E-state index in [9.17, 15) is 0 Å². The van der Waals surface area contributed by atoms with Crippen molar-refractivity contribution in [3.63, 3.8) is 0 Å². The lowest BCUT2D eigenvalue weighted by Crippen LogP contribution is -2.19. The van der Waals surface area contributed by atoms with E-state index in [1.54, 1.807) is 7.11 Å². The SMILES string of the molecule is COc1ccc(O[C@@H]2CCNC2)cc1.Cl. The van der Waals surface area contributed by atoms with Gasteiger partial charge in [0.05, 0.1) is 7.11 Å². The zero-order valence-corrected chi connectivity index (χ0v) is 9.55. The first-order valence-electron chi connectivity index (χ1n) is 4.90. The largest absolute Gasteiger partial charge is 0.497 e. The second-order valence-electron chi connectivity index (χ2n) is 3.41. The number of nitrogens with one attached hydrogen (secondary N) is 1. The van der Waals surface area contributed by atoms with E-state index in [2.05, 4.69) is 5.32 Å². The maximum atomic E-state index is 5.76. The summed E-state index contributed by atoms with van der Waals surface area (Å²) >= 11 is 0. The summed E-state index contributed by atoms with van der Waals surface area (Å²) in [5, 5.41) is 3.27. The zero-order chi connectivity index (χ0) is 9.80. The minimum Gasteiger partial charge on any atom is -0.497 e. The van der Waals surface area contributed by atoms with Gasteiger partial charge in [0.25, 0.3) is 0 Å². The average Bonchev–Trinajstić information content (AvgIpc) is 2.72. The first-order valence-corrected chi connectivity index (χ1v) is 4.90. The molecule has 1 saturated heterocycles. The van der Waals surface area contributed by atoms with Crippen molar-refractivity contribution in [3.8, 4) is 11.5 Å². The Balaban J connectivity index is 0.00000112. The number of hydrogen-bond donors (Lipinski definition) is 1. The molecule has 0 saturated carbocycles. The van der Waals surface area contributed by atoms with E-state index in [0.717, 1.165) is 31.0 Å². The molecule has 0 spiro atoms. The van der Waals surface area contributed by atoms with Gasteiger partial charge in [-0.3, -0.25) is 0 Å². The van der Waals surface area contributed by atoms with Gasteiger partial charge in [0.1, 0.15) is 17.6 Å². The van der Waals surface area contributed by atoms with Crippen molar-refractivity contribution in [3.05, 3.63) is 24.3 Å². The predicted octanol–water partition coefficient (Wildman–Crippen LogP) is 1.86. The molecule has 0 radical (unpaired) electrons. The van der Waals surface area contributed by atoms with Gasteiger partial charge in [-0.25, -0.2) is 0 Å². The summed E-state index contributed by atoms with van der Waals surface area (Å²) in [6.07, 6.45) is 1.41. The normalized spacial score (nSPS) is 19.4. The first-order chi connectivity index (χ1) is 6.88. The predicted molar refractivity (Wildman–Crippen MR) is 62.1 cm³/mol. The monoisotopic (exact) mass is 229 g/mol. The van der Waals surface area contributed by atoms with Crippen LogP contribution >= 0.6 is 12.4 Å². The van der Waals surface area contributed by atoms with Crippen LogP contribution < -0.4 is 14.8 Å². The Bertz CT molecular complexity index is 283. The quantitative estimate of drug-likeness (QED) is 0.858. The average molecular weight is 230 g/mol. The summed E-state index contributed by atoms with van der Waals surface area (Å²) in [7, 11) is 1.66. The van der Waals surface area contributed by atoms with E-state index < -0.39 is 0 Å². The summed E-state index contributed by atoms with van der Waals surface area (Å²) in [5.74, 6) is 1.78. The van der Waals surface area contributed by atoms with E-state index in [4.69, 9.17) is 9.47 Å². The Labute approximate surface area is 96.2 Å². The number of benzene rings is 1. The van der Waals surface area contributed by atoms with Crippen molar-refractivity contribution in [2.45, 2.75) is 12.5 Å². The van der Waals surface area contributed by atoms with E-state index >= 15 is 0 Å². The Morgan fingerprint density at radius 3 is 2.40 bits per heavy atom. The molecule has 1 heterocycles. The highest BCUT2D eigenvalue weighted by atomic mass is 35.5. The molecular weight excluding hydrogens is 214 g/mol. The fourth-order valence-electron chi connectivity index (χ4n) is 1.58. The summed E-state index contributed by atoms with van der Waals surface area (Å²) < 4.78 is 10.8. The van der Waals surface area contributed by atoms with E-state index in [0.29, 0.717) is 6.10 Å². The van der Waals surface area contributed by atoms with Crippen molar-refractivity contribution in [2.24, 2.45) is 0 Å². The van der Waals surface area contributed by atoms with Crippen LogP contribution in [0, 0.1) is 0 Å². The maximum absolute atomic E-state index is 5.76. The number of ether oxygens (including phenoxy) is 2. The van der Waals surface area contributed by atoms with Gasteiger partial charge < -0.3 is 14.8 Å². The Morgan fingerprint density at radius 1 is 1.20 bits per heavy atom. The molecule has 0 aromatic heterocycles. The molecule has 0 amide bonds. The topological polar surface area (TPSA) is 30.5 Å². The Morgan fingerprint density at radius 2 is 1.87 bits per heavy atom. The summed E-state index contributed by atoms with van der Waals surface area (Å²) in [5.41, 5.74) is 0. The molecular formula is C11H16ClNO2. The molecule has 1 fully saturated rings. The smallest absolute Gasteiger partial charge is 0.120 e. The Hall–Kier alpha value is -0.930. The molecule has 15 heavy (non-hydrogen) atoms. The molecule has 1 atom stereocenters. The van der Waals surface area contributed by atoms with Crippen molar-refractivity contribution >= 4 is 12.4 Å². The van der Waals surface area contributed by atoms with Crippen molar-refractivity contribution in [2.75, 3.05) is 20.2 Å². The van der Waals surface area contributed by atoms with Crippen LogP contribution in [0.15, 0.2) is 24.3 Å². The lowest BCUT2D eigenvalue weighted by molar-refractivity contribution is 0.223. The number of rotatable bonds is 3. The van der Waals surface area contributed by atoms with E-state index in [1.807, 2.05) is 24.3 Å². The fourth-order valence-corrected chi connectivity index (χ4v) is 1.58. The van der Waals surface area contributed by atoms with Crippen LogP contribution in [0.3, 0.4) is 0 Å². The number of halogens is 1. The minimum absolute atomic E-state index is 0. The van der Waals surface area contributed by atoms with Gasteiger partial charge in [-0.15, -0.1) is 12.4 Å². The highest BCUT2D eigenvalue weighted by molar-refractivity contribution is 5.85. The van der Waals surface area contributed by atoms with Gasteiger partial charge in [-0.05, 0) is 37.2 Å². The summed E-state index contributed by atoms with van der Waals surface area (Å²) in [6, 6.07) is 7.71. The van der Waals surface area contributed by atoms with Crippen molar-refractivity contribution in [1.29, 1.82) is 0 Å². The van der Waals surface area contributed by atoms with Gasteiger partial charge in [0.15, 0.2) is 0 Å². The van der Waals surface area contributed by atoms with Gasteiger partial charge in [0, 0.05) is 6.54 Å². The van der Waals surface area contributed by atoms with Gasteiger partial charge in [-0.1, -0.05) is 0 Å². The molecule has 1 aromatic rings. The molecule has 0 bridgehead atoms. The van der Waals surface area contributed by atoms with Crippen LogP contribution in [0.4, 0.5) is 0 Å². The molecule has 1 aliphatic heterocycles. The van der Waals surface area contributed by atoms with E-state index in [1.165, 1.54) is 0 Å². The standard InChI is InChI=1S/C11H15NO2.ClH/c1-13-9-2-4-10(5-3-9)14-11-6-7-12-8-11;/h2-5,11-12H,6-8H2,1H3;1H/t11-;/m1./s1. The van der Waals surface area contributed by atoms with Crippen LogP contribution in [0.25, 0.3) is 0 Å². The van der Waals surface area contributed by atoms with Crippen LogP contribution in [0.1, 0.15) is 6.42 Å². The first kappa shape index (κ1) is 12.1. The molecule has 84 valence electrons. The number of methoxy groups -OCH3 is 1. The lowest BCUT2D eigenvalue weighted by atomic mass is 10.3. The Kier molecular flexibility index (Phi) is 4.72. The zero-order valence-electron chi connectivity index (χ0n) is 8.73. The van der Waals surface area contributed by atoms with Gasteiger partial charge in [-0.2, -0.15) is 0 Å². The van der Waals surface area contributed by atoms with Crippen molar-refractivity contribution in [1.82, 2.24) is 5.32 Å². The minimum atomic E-state index is 0. The molecule has 0 unspecified atom stereocenters. The third-order valence-electron chi connectivity index (χ3n) is 2.38. The van der Waals surface area contributed by atoms with Crippen LogP contribution in [-0.4, -0.2) is 26.3 Å². The summed E-state index contributed by atoms with van der Waals surface area (Å²) in [4.78, 5) is 0. The molecule has 1 aromatic carbocycles. The second kappa shape index (κ2) is 5.83. The van der Waals surface area contributed by atoms with Crippen molar-refractivity contribution < 1.29 is 9.47 Å². The van der Waals surface area contributed by atoms with Crippen LogP contribution in [-0.2, 0) is 0 Å². The van der Waals surface area contributed by atoms with Crippen LogP contribution in [0.2, 0.25) is 0 Å². The van der Waals surface area contributed by atoms with Gasteiger partial charge in [0.2, 0.25) is 0 Å². The molecule has 3 nitrogen and oxygen atoms in total. The highest BCUT2D eigenvalue weighted by Gasteiger charge is 2.15. The lowest BCUT2D eigenvalue weighted by Gasteiger charge is -2.12.